The quantitative estimate of drug-likeness (QED) is 0.350. The number of ether oxygens (including phenoxy) is 1. The molecule has 6 atom stereocenters. The summed E-state index contributed by atoms with van der Waals surface area (Å²) in [6.07, 6.45) is 5.17. The Labute approximate surface area is 207 Å². The highest BCUT2D eigenvalue weighted by Crippen LogP contribution is 2.65. The standard InChI is InChI=1S/C27H23ClN2O5/c1-35-15-8-6-14(7-9-15)22(31)13-29(25(32)18-4-2-3-5-21(18)28)30-26(33)23-16-10-11-17(20-12-19(16)20)24(23)27(30)34/h2-11,16-17,19-20,23-24H,12-13H2,1H3/t16-,17-,19-,20+,23-,24+/m0/s1. The lowest BCUT2D eigenvalue weighted by Crippen LogP contribution is -2.52. The van der Waals surface area contributed by atoms with E-state index in [1.165, 1.54) is 13.2 Å². The van der Waals surface area contributed by atoms with Crippen LogP contribution in [0, 0.1) is 35.5 Å². The van der Waals surface area contributed by atoms with Crippen molar-refractivity contribution in [2.24, 2.45) is 35.5 Å². The summed E-state index contributed by atoms with van der Waals surface area (Å²) in [7, 11) is 1.52. The first-order valence-corrected chi connectivity index (χ1v) is 12.1. The third kappa shape index (κ3) is 3.32. The van der Waals surface area contributed by atoms with Crippen molar-refractivity contribution in [3.05, 3.63) is 76.8 Å². The second-order valence-corrected chi connectivity index (χ2v) is 10.0. The van der Waals surface area contributed by atoms with Crippen LogP contribution in [0.1, 0.15) is 27.1 Å². The van der Waals surface area contributed by atoms with E-state index < -0.39 is 41.9 Å². The van der Waals surface area contributed by atoms with Crippen molar-refractivity contribution in [3.8, 4) is 5.75 Å². The molecule has 1 heterocycles. The van der Waals surface area contributed by atoms with Crippen LogP contribution in [0.2, 0.25) is 5.02 Å². The molecule has 3 amide bonds. The number of Topliss-reactive ketones (excluding diaryl/α,β-unsaturated/α-hetero) is 1. The van der Waals surface area contributed by atoms with E-state index in [1.807, 2.05) is 0 Å². The van der Waals surface area contributed by atoms with Crippen molar-refractivity contribution in [1.82, 2.24) is 10.0 Å². The molecule has 2 bridgehead atoms. The summed E-state index contributed by atoms with van der Waals surface area (Å²) < 4.78 is 5.15. The van der Waals surface area contributed by atoms with E-state index in [2.05, 4.69) is 12.2 Å². The summed E-state index contributed by atoms with van der Waals surface area (Å²) >= 11 is 6.29. The van der Waals surface area contributed by atoms with Gasteiger partial charge in [-0.2, -0.15) is 5.01 Å². The molecule has 0 unspecified atom stereocenters. The fourth-order valence-corrected chi connectivity index (χ4v) is 6.41. The third-order valence-corrected chi connectivity index (χ3v) is 8.25. The molecule has 5 aliphatic rings. The van der Waals surface area contributed by atoms with Crippen molar-refractivity contribution in [2.75, 3.05) is 13.7 Å². The highest BCUT2D eigenvalue weighted by atomic mass is 35.5. The number of carbonyl (C=O) groups is 4. The van der Waals surface area contributed by atoms with Gasteiger partial charge in [-0.15, -0.1) is 0 Å². The van der Waals surface area contributed by atoms with Gasteiger partial charge in [0.25, 0.3) is 17.7 Å². The van der Waals surface area contributed by atoms with E-state index in [0.29, 0.717) is 23.1 Å². The maximum Gasteiger partial charge on any atom is 0.274 e. The monoisotopic (exact) mass is 490 g/mol. The maximum absolute atomic E-state index is 13.7. The minimum Gasteiger partial charge on any atom is -0.497 e. The minimum absolute atomic E-state index is 0.00556. The van der Waals surface area contributed by atoms with Crippen molar-refractivity contribution in [1.29, 1.82) is 0 Å². The van der Waals surface area contributed by atoms with Crippen molar-refractivity contribution >= 4 is 35.1 Å². The third-order valence-electron chi connectivity index (χ3n) is 7.93. The molecule has 4 aliphatic carbocycles. The molecule has 2 saturated carbocycles. The summed E-state index contributed by atoms with van der Waals surface area (Å²) in [5, 5.41) is 2.10. The highest BCUT2D eigenvalue weighted by molar-refractivity contribution is 6.34. The number of benzene rings is 2. The Morgan fingerprint density at radius 1 is 0.971 bits per heavy atom. The van der Waals surface area contributed by atoms with E-state index in [-0.39, 0.29) is 22.4 Å². The fraction of sp³-hybridized carbons (Fsp3) is 0.333. The molecule has 1 saturated heterocycles. The van der Waals surface area contributed by atoms with Crippen molar-refractivity contribution < 1.29 is 23.9 Å². The number of ketones is 1. The van der Waals surface area contributed by atoms with Crippen LogP contribution < -0.4 is 4.74 Å². The predicted octanol–water partition coefficient (Wildman–Crippen LogP) is 3.64. The molecule has 1 aliphatic heterocycles. The minimum atomic E-state index is -0.664. The molecule has 178 valence electrons. The number of hydrogen-bond donors (Lipinski definition) is 0. The summed E-state index contributed by atoms with van der Waals surface area (Å²) in [6, 6.07) is 12.9. The number of hydrogen-bond acceptors (Lipinski definition) is 5. The lowest BCUT2D eigenvalue weighted by molar-refractivity contribution is -0.154. The number of imide groups is 1. The molecule has 0 aromatic heterocycles. The molecule has 2 aromatic carbocycles. The summed E-state index contributed by atoms with van der Waals surface area (Å²) in [5.41, 5.74) is 0.457. The SMILES string of the molecule is COc1ccc(C(=O)CN(C(=O)c2ccccc2Cl)N2C(=O)[C@@H]3[C@H]4C=C[C@@H]([C@@H]5C[C@H]45)[C@@H]3C2=O)cc1. The molecular formula is C27H23ClN2O5. The molecule has 3 fully saturated rings. The van der Waals surface area contributed by atoms with Gasteiger partial charge in [0, 0.05) is 5.56 Å². The Kier molecular flexibility index (Phi) is 5.07. The Morgan fingerprint density at radius 2 is 1.57 bits per heavy atom. The van der Waals surface area contributed by atoms with Crippen LogP contribution in [0.3, 0.4) is 0 Å². The molecular weight excluding hydrogens is 468 g/mol. The van der Waals surface area contributed by atoms with Gasteiger partial charge in [-0.3, -0.25) is 19.2 Å². The zero-order chi connectivity index (χ0) is 24.4. The molecule has 7 nitrogen and oxygen atoms in total. The van der Waals surface area contributed by atoms with Crippen LogP contribution in [0.5, 0.6) is 5.75 Å². The molecule has 35 heavy (non-hydrogen) atoms. The van der Waals surface area contributed by atoms with Gasteiger partial charge in [0.15, 0.2) is 5.78 Å². The first kappa shape index (κ1) is 22.0. The molecule has 0 spiro atoms. The Morgan fingerprint density at radius 3 is 2.14 bits per heavy atom. The molecule has 2 aromatic rings. The van der Waals surface area contributed by atoms with Gasteiger partial charge >= 0.3 is 0 Å². The Bertz CT molecular complexity index is 1250. The largest absolute Gasteiger partial charge is 0.497 e. The number of allylic oxidation sites excluding steroid dienone is 2. The maximum atomic E-state index is 13.7. The zero-order valence-electron chi connectivity index (χ0n) is 19.0. The van der Waals surface area contributed by atoms with E-state index in [0.717, 1.165) is 16.4 Å². The average molecular weight is 491 g/mol. The number of hydrazine groups is 1. The summed E-state index contributed by atoms with van der Waals surface area (Å²) in [6.45, 7) is -0.469. The van der Waals surface area contributed by atoms with Crippen LogP contribution in [-0.2, 0) is 9.59 Å². The van der Waals surface area contributed by atoms with E-state index in [1.54, 1.807) is 42.5 Å². The molecule has 7 rings (SSSR count). The van der Waals surface area contributed by atoms with Gasteiger partial charge in [-0.1, -0.05) is 35.9 Å². The highest BCUT2D eigenvalue weighted by Gasteiger charge is 2.68. The zero-order valence-corrected chi connectivity index (χ0v) is 19.7. The average Bonchev–Trinajstić information content (AvgIpc) is 3.66. The topological polar surface area (TPSA) is 84.0 Å². The number of rotatable bonds is 6. The van der Waals surface area contributed by atoms with Crippen LogP contribution in [0.25, 0.3) is 0 Å². The lowest BCUT2D eigenvalue weighted by Gasteiger charge is -2.37. The van der Waals surface area contributed by atoms with Crippen LogP contribution >= 0.6 is 11.6 Å². The number of carbonyl (C=O) groups excluding carboxylic acids is 4. The van der Waals surface area contributed by atoms with E-state index in [9.17, 15) is 19.2 Å². The summed E-state index contributed by atoms with van der Waals surface area (Å²) in [5.74, 6) is -1.42. The normalized spacial score (nSPS) is 29.6. The smallest absolute Gasteiger partial charge is 0.274 e. The van der Waals surface area contributed by atoms with Crippen LogP contribution in [0.4, 0.5) is 0 Å². The number of amides is 3. The molecule has 8 heteroatoms. The Hall–Kier alpha value is -3.45. The van der Waals surface area contributed by atoms with Gasteiger partial charge in [0.2, 0.25) is 0 Å². The lowest BCUT2D eigenvalue weighted by atomic mass is 9.63. The second kappa shape index (κ2) is 8.05. The van der Waals surface area contributed by atoms with Crippen molar-refractivity contribution in [2.45, 2.75) is 6.42 Å². The predicted molar refractivity (Wildman–Crippen MR) is 126 cm³/mol. The molecule has 0 radical (unpaired) electrons. The van der Waals surface area contributed by atoms with Crippen molar-refractivity contribution in [3.63, 3.8) is 0 Å². The number of halogens is 1. The van der Waals surface area contributed by atoms with Crippen LogP contribution in [-0.4, -0.2) is 47.2 Å². The first-order chi connectivity index (χ1) is 16.9. The number of methoxy groups -OCH3 is 1. The summed E-state index contributed by atoms with van der Waals surface area (Å²) in [4.78, 5) is 54.3. The second-order valence-electron chi connectivity index (χ2n) is 9.64. The van der Waals surface area contributed by atoms with Crippen LogP contribution in [0.15, 0.2) is 60.7 Å². The van der Waals surface area contributed by atoms with Gasteiger partial charge < -0.3 is 4.74 Å². The Balaban J connectivity index is 1.36. The van der Waals surface area contributed by atoms with E-state index in [4.69, 9.17) is 16.3 Å². The van der Waals surface area contributed by atoms with Gasteiger partial charge in [0.05, 0.1) is 29.5 Å². The molecule has 0 N–H and O–H groups in total. The van der Waals surface area contributed by atoms with Gasteiger partial charge in [-0.05, 0) is 66.5 Å². The number of nitrogens with zero attached hydrogens (tertiary/aromatic N) is 2. The van der Waals surface area contributed by atoms with Gasteiger partial charge in [-0.25, -0.2) is 5.01 Å². The first-order valence-electron chi connectivity index (χ1n) is 11.7. The van der Waals surface area contributed by atoms with Gasteiger partial charge in [0.1, 0.15) is 12.3 Å². The van der Waals surface area contributed by atoms with E-state index >= 15 is 0 Å². The fourth-order valence-electron chi connectivity index (χ4n) is 6.19.